The number of halogens is 3. The van der Waals surface area contributed by atoms with Crippen molar-refractivity contribution in [2.45, 2.75) is 50.1 Å². The lowest BCUT2D eigenvalue weighted by Gasteiger charge is -2.48. The Morgan fingerprint density at radius 2 is 1.92 bits per heavy atom. The van der Waals surface area contributed by atoms with Gasteiger partial charge >= 0.3 is 6.18 Å². The number of alkyl halides is 3. The molecule has 0 radical (unpaired) electrons. The first kappa shape index (κ1) is 26.5. The fourth-order valence-electron chi connectivity index (χ4n) is 6.00. The first-order valence-corrected chi connectivity index (χ1v) is 13.3. The minimum Gasteiger partial charge on any atom is -0.381 e. The van der Waals surface area contributed by atoms with Crippen molar-refractivity contribution >= 4 is 11.6 Å². The number of nitrogens with two attached hydrogens (primary N) is 1. The maximum absolute atomic E-state index is 13.6. The Bertz CT molecular complexity index is 1180. The van der Waals surface area contributed by atoms with E-state index in [-0.39, 0.29) is 36.3 Å². The van der Waals surface area contributed by atoms with Gasteiger partial charge in [-0.1, -0.05) is 54.6 Å². The summed E-state index contributed by atoms with van der Waals surface area (Å²) in [5, 5.41) is 3.55. The molecule has 8 heteroatoms. The van der Waals surface area contributed by atoms with Crippen molar-refractivity contribution in [3.63, 3.8) is 0 Å². The summed E-state index contributed by atoms with van der Waals surface area (Å²) in [5.41, 5.74) is 7.31. The minimum atomic E-state index is -4.44. The highest BCUT2D eigenvalue weighted by molar-refractivity contribution is 5.78. The highest BCUT2D eigenvalue weighted by Crippen LogP contribution is 2.49. The third-order valence-corrected chi connectivity index (χ3v) is 7.87. The standard InChI is InChI=1S/C30H34F3N3O2/c31-30(32,33)22-11-14-26-25(18-22)29-24(28(35-26)21-9-5-2-6-10-21)13-12-23(38-29)19-36(16-15-34)27(37)17-20-7-3-1-4-8-20/h1-9,11,14,18,21,23-24,28-29,35H,10,12-13,15-17,19,34H2/t21?,23-,24+,28+,29+/m1/s1. The average Bonchev–Trinajstić information content (AvgIpc) is 2.92. The largest absolute Gasteiger partial charge is 0.416 e. The maximum Gasteiger partial charge on any atom is 0.416 e. The van der Waals surface area contributed by atoms with E-state index in [1.807, 2.05) is 42.5 Å². The fourth-order valence-corrected chi connectivity index (χ4v) is 6.00. The molecule has 5 atom stereocenters. The Kier molecular flexibility index (Phi) is 7.91. The zero-order valence-corrected chi connectivity index (χ0v) is 21.2. The molecule has 1 unspecified atom stereocenters. The van der Waals surface area contributed by atoms with E-state index in [1.165, 1.54) is 12.1 Å². The smallest absolute Gasteiger partial charge is 0.381 e. The molecule has 2 aliphatic heterocycles. The average molecular weight is 526 g/mol. The Morgan fingerprint density at radius 3 is 2.63 bits per heavy atom. The van der Waals surface area contributed by atoms with Crippen molar-refractivity contribution in [1.29, 1.82) is 0 Å². The van der Waals surface area contributed by atoms with Crippen LogP contribution in [0.4, 0.5) is 18.9 Å². The van der Waals surface area contributed by atoms with Crippen LogP contribution in [0.1, 0.15) is 42.1 Å². The number of hydrogen-bond acceptors (Lipinski definition) is 4. The molecule has 5 nitrogen and oxygen atoms in total. The molecule has 0 aromatic heterocycles. The Balaban J connectivity index is 1.38. The van der Waals surface area contributed by atoms with E-state index in [2.05, 4.69) is 17.5 Å². The Hall–Kier alpha value is -3.10. The zero-order chi connectivity index (χ0) is 26.7. The maximum atomic E-state index is 13.6. The second-order valence-corrected chi connectivity index (χ2v) is 10.4. The molecule has 2 aromatic rings. The van der Waals surface area contributed by atoms with Gasteiger partial charge in [-0.2, -0.15) is 13.2 Å². The van der Waals surface area contributed by atoms with E-state index >= 15 is 0 Å². The molecule has 1 amide bonds. The number of fused-ring (bicyclic) bond motifs is 3. The molecule has 1 saturated heterocycles. The van der Waals surface area contributed by atoms with Gasteiger partial charge in [0.25, 0.3) is 0 Å². The number of benzene rings is 2. The second kappa shape index (κ2) is 11.3. The van der Waals surface area contributed by atoms with Gasteiger partial charge in [0.2, 0.25) is 5.91 Å². The van der Waals surface area contributed by atoms with Gasteiger partial charge in [0.05, 0.1) is 24.2 Å². The van der Waals surface area contributed by atoms with Crippen molar-refractivity contribution in [2.24, 2.45) is 17.6 Å². The van der Waals surface area contributed by atoms with E-state index in [0.29, 0.717) is 30.9 Å². The molecule has 3 aliphatic rings. The molecule has 0 spiro atoms. The lowest BCUT2D eigenvalue weighted by Crippen LogP contribution is -2.49. The fraction of sp³-hybridized carbons (Fsp3) is 0.433. The molecule has 38 heavy (non-hydrogen) atoms. The van der Waals surface area contributed by atoms with Gasteiger partial charge in [-0.15, -0.1) is 0 Å². The number of rotatable bonds is 7. The van der Waals surface area contributed by atoms with Crippen molar-refractivity contribution in [2.75, 3.05) is 25.0 Å². The molecule has 2 aromatic carbocycles. The number of ether oxygens (including phenoxy) is 1. The molecule has 1 aliphatic carbocycles. The summed E-state index contributed by atoms with van der Waals surface area (Å²) < 4.78 is 47.4. The topological polar surface area (TPSA) is 67.6 Å². The van der Waals surface area contributed by atoms with E-state index < -0.39 is 17.8 Å². The third kappa shape index (κ3) is 5.81. The number of allylic oxidation sites excluding steroid dienone is 3. The van der Waals surface area contributed by atoms with Crippen molar-refractivity contribution in [1.82, 2.24) is 4.90 Å². The summed E-state index contributed by atoms with van der Waals surface area (Å²) in [4.78, 5) is 14.9. The molecule has 2 heterocycles. The number of nitrogens with zero attached hydrogens (tertiary/aromatic N) is 1. The Morgan fingerprint density at radius 1 is 1.11 bits per heavy atom. The van der Waals surface area contributed by atoms with Crippen LogP contribution in [-0.2, 0) is 22.1 Å². The summed E-state index contributed by atoms with van der Waals surface area (Å²) >= 11 is 0. The van der Waals surface area contributed by atoms with Crippen LogP contribution < -0.4 is 11.1 Å². The molecule has 1 fully saturated rings. The van der Waals surface area contributed by atoms with Crippen LogP contribution in [0.25, 0.3) is 0 Å². The van der Waals surface area contributed by atoms with Crippen molar-refractivity contribution < 1.29 is 22.7 Å². The van der Waals surface area contributed by atoms with E-state index in [9.17, 15) is 18.0 Å². The number of amides is 1. The summed E-state index contributed by atoms with van der Waals surface area (Å²) in [6.45, 7) is 1.09. The Labute approximate surface area is 221 Å². The predicted octanol–water partition coefficient (Wildman–Crippen LogP) is 5.50. The van der Waals surface area contributed by atoms with Gasteiger partial charge < -0.3 is 20.7 Å². The number of nitrogens with one attached hydrogen (secondary N) is 1. The first-order chi connectivity index (χ1) is 18.3. The number of carbonyl (C=O) groups excluding carboxylic acids is 1. The van der Waals surface area contributed by atoms with Crippen LogP contribution in [0.2, 0.25) is 0 Å². The van der Waals surface area contributed by atoms with Crippen molar-refractivity contribution in [3.8, 4) is 0 Å². The van der Waals surface area contributed by atoms with E-state index in [1.54, 1.807) is 4.90 Å². The van der Waals surface area contributed by atoms with Crippen LogP contribution >= 0.6 is 0 Å². The van der Waals surface area contributed by atoms with E-state index in [0.717, 1.165) is 30.9 Å². The number of hydrogen-bond donors (Lipinski definition) is 2. The normalized spacial score (nSPS) is 26.3. The summed E-state index contributed by atoms with van der Waals surface area (Å²) in [6.07, 6.45) is 5.79. The molecule has 0 bridgehead atoms. The zero-order valence-electron chi connectivity index (χ0n) is 21.2. The number of carbonyl (C=O) groups is 1. The predicted molar refractivity (Wildman–Crippen MR) is 141 cm³/mol. The lowest BCUT2D eigenvalue weighted by molar-refractivity contribution is -0.140. The molecule has 0 saturated carbocycles. The number of anilines is 1. The van der Waals surface area contributed by atoms with Crippen LogP contribution in [0, 0.1) is 11.8 Å². The van der Waals surface area contributed by atoms with Gasteiger partial charge in [0.15, 0.2) is 0 Å². The van der Waals surface area contributed by atoms with Crippen LogP contribution in [-0.4, -0.2) is 42.6 Å². The third-order valence-electron chi connectivity index (χ3n) is 7.87. The van der Waals surface area contributed by atoms with Gasteiger partial charge in [0, 0.05) is 48.8 Å². The summed E-state index contributed by atoms with van der Waals surface area (Å²) in [7, 11) is 0. The van der Waals surface area contributed by atoms with Crippen molar-refractivity contribution in [3.05, 3.63) is 89.5 Å². The quantitative estimate of drug-likeness (QED) is 0.501. The van der Waals surface area contributed by atoms with Gasteiger partial charge in [0.1, 0.15) is 0 Å². The summed E-state index contributed by atoms with van der Waals surface area (Å²) in [6, 6.07) is 13.5. The van der Waals surface area contributed by atoms with Crippen LogP contribution in [0.5, 0.6) is 0 Å². The second-order valence-electron chi connectivity index (χ2n) is 10.4. The molecule has 5 rings (SSSR count). The van der Waals surface area contributed by atoms with E-state index in [4.69, 9.17) is 10.5 Å². The molecule has 3 N–H and O–H groups in total. The molecular formula is C30H34F3N3O2. The highest BCUT2D eigenvalue weighted by Gasteiger charge is 2.45. The van der Waals surface area contributed by atoms with Crippen LogP contribution in [0.3, 0.4) is 0 Å². The molecular weight excluding hydrogens is 491 g/mol. The lowest BCUT2D eigenvalue weighted by atomic mass is 9.73. The minimum absolute atomic E-state index is 0.0198. The first-order valence-electron chi connectivity index (χ1n) is 13.3. The monoisotopic (exact) mass is 525 g/mol. The van der Waals surface area contributed by atoms with Gasteiger partial charge in [-0.05, 0) is 43.0 Å². The van der Waals surface area contributed by atoms with Gasteiger partial charge in [-0.25, -0.2) is 0 Å². The summed E-state index contributed by atoms with van der Waals surface area (Å²) in [5.74, 6) is 0.213. The van der Waals surface area contributed by atoms with Crippen LogP contribution in [0.15, 0.2) is 72.8 Å². The SMILES string of the molecule is NCCN(C[C@H]1CC[C@@H]2[C@H](O1)c1cc(C(F)(F)F)ccc1N[C@H]2C1C=CC=CC1)C(=O)Cc1ccccc1. The molecule has 202 valence electrons. The van der Waals surface area contributed by atoms with Gasteiger partial charge in [-0.3, -0.25) is 4.79 Å². The highest BCUT2D eigenvalue weighted by atomic mass is 19.4.